The molecule has 96 valence electrons. The summed E-state index contributed by atoms with van der Waals surface area (Å²) >= 11 is 2.13. The van der Waals surface area contributed by atoms with E-state index in [1.165, 1.54) is 0 Å². The van der Waals surface area contributed by atoms with Crippen LogP contribution >= 0.6 is 22.6 Å². The summed E-state index contributed by atoms with van der Waals surface area (Å²) in [5.74, 6) is 0.138. The topological polar surface area (TPSA) is 53.3 Å². The quantitative estimate of drug-likeness (QED) is 0.623. The van der Waals surface area contributed by atoms with Crippen LogP contribution in [0.2, 0.25) is 0 Å². The minimum atomic E-state index is -0.379. The fraction of sp³-hybridized carbons (Fsp3) is 0.333. The number of fused-ring (bicyclic) bond motifs is 1. The Bertz CT molecular complexity index is 607. The number of hydrogen-bond donors (Lipinski definition) is 0. The Morgan fingerprint density at radius 3 is 2.83 bits per heavy atom. The van der Waals surface area contributed by atoms with E-state index >= 15 is 0 Å². The number of carbonyl (C=O) groups is 1. The maximum Gasteiger partial charge on any atom is 0.341 e. The van der Waals surface area contributed by atoms with E-state index in [1.54, 1.807) is 24.8 Å². The lowest BCUT2D eigenvalue weighted by atomic mass is 10.1. The van der Waals surface area contributed by atoms with Crippen LogP contribution < -0.4 is 4.74 Å². The molecule has 0 spiro atoms. The summed E-state index contributed by atoms with van der Waals surface area (Å²) in [5.41, 5.74) is 1.35. The molecule has 18 heavy (non-hydrogen) atoms. The summed E-state index contributed by atoms with van der Waals surface area (Å²) < 4.78 is 12.9. The maximum absolute atomic E-state index is 11.9. The molecule has 0 atom stereocenters. The van der Waals surface area contributed by atoms with Crippen molar-refractivity contribution in [1.82, 2.24) is 9.78 Å². The number of nitrogens with zero attached hydrogens (tertiary/aromatic N) is 2. The summed E-state index contributed by atoms with van der Waals surface area (Å²) in [6.45, 7) is 2.11. The van der Waals surface area contributed by atoms with Crippen LogP contribution in [0.3, 0.4) is 0 Å². The van der Waals surface area contributed by atoms with Gasteiger partial charge in [-0.2, -0.15) is 5.10 Å². The minimum Gasteiger partial charge on any atom is -0.495 e. The Balaban J connectivity index is 2.69. The Hall–Kier alpha value is -1.31. The zero-order valence-electron chi connectivity index (χ0n) is 10.4. The highest BCUT2D eigenvalue weighted by Gasteiger charge is 2.20. The van der Waals surface area contributed by atoms with E-state index in [1.807, 2.05) is 13.1 Å². The highest BCUT2D eigenvalue weighted by atomic mass is 127. The van der Waals surface area contributed by atoms with E-state index in [0.717, 1.165) is 14.6 Å². The number of hydrogen-bond acceptors (Lipinski definition) is 4. The van der Waals surface area contributed by atoms with Gasteiger partial charge in [-0.05, 0) is 41.6 Å². The first kappa shape index (κ1) is 13.1. The normalized spacial score (nSPS) is 10.7. The molecule has 1 aromatic heterocycles. The fourth-order valence-corrected chi connectivity index (χ4v) is 2.70. The first-order chi connectivity index (χ1) is 8.60. The van der Waals surface area contributed by atoms with Gasteiger partial charge in [-0.15, -0.1) is 0 Å². The molecule has 0 aliphatic rings. The zero-order chi connectivity index (χ0) is 13.3. The average molecular weight is 360 g/mol. The number of rotatable bonds is 3. The first-order valence-electron chi connectivity index (χ1n) is 5.46. The number of aromatic nitrogens is 2. The van der Waals surface area contributed by atoms with Crippen LogP contribution in [-0.2, 0) is 11.8 Å². The molecule has 1 heterocycles. The lowest BCUT2D eigenvalue weighted by Crippen LogP contribution is -2.07. The molecule has 0 unspecified atom stereocenters. The molecule has 0 radical (unpaired) electrons. The fourth-order valence-electron chi connectivity index (χ4n) is 1.86. The van der Waals surface area contributed by atoms with E-state index in [4.69, 9.17) is 9.47 Å². The molecule has 0 aliphatic heterocycles. The van der Waals surface area contributed by atoms with Crippen molar-refractivity contribution in [3.8, 4) is 5.75 Å². The number of esters is 1. The van der Waals surface area contributed by atoms with Crippen LogP contribution in [0.1, 0.15) is 17.3 Å². The lowest BCUT2D eigenvalue weighted by Gasteiger charge is -2.09. The van der Waals surface area contributed by atoms with Crippen molar-refractivity contribution in [2.75, 3.05) is 13.7 Å². The van der Waals surface area contributed by atoms with Gasteiger partial charge < -0.3 is 9.47 Å². The Morgan fingerprint density at radius 1 is 1.50 bits per heavy atom. The molecule has 2 rings (SSSR count). The highest BCUT2D eigenvalue weighted by molar-refractivity contribution is 14.1. The minimum absolute atomic E-state index is 0.337. The summed E-state index contributed by atoms with van der Waals surface area (Å²) in [6.07, 6.45) is 0. The van der Waals surface area contributed by atoms with Crippen LogP contribution in [-0.4, -0.2) is 29.5 Å². The molecule has 1 aromatic carbocycles. The first-order valence-corrected chi connectivity index (χ1v) is 6.54. The van der Waals surface area contributed by atoms with E-state index < -0.39 is 0 Å². The second kappa shape index (κ2) is 5.13. The van der Waals surface area contributed by atoms with E-state index in [9.17, 15) is 4.79 Å². The van der Waals surface area contributed by atoms with Gasteiger partial charge in [-0.3, -0.25) is 4.68 Å². The van der Waals surface area contributed by atoms with Gasteiger partial charge in [-0.1, -0.05) is 0 Å². The number of aryl methyl sites for hydroxylation is 1. The summed E-state index contributed by atoms with van der Waals surface area (Å²) in [5, 5.41) is 5.16. The molecule has 0 saturated carbocycles. The maximum atomic E-state index is 11.9. The second-order valence-electron chi connectivity index (χ2n) is 3.68. The van der Waals surface area contributed by atoms with Crippen LogP contribution in [0, 0.1) is 3.70 Å². The molecular formula is C12H13IN2O3. The Kier molecular flexibility index (Phi) is 3.74. The molecule has 0 saturated heterocycles. The van der Waals surface area contributed by atoms with Crippen molar-refractivity contribution in [2.24, 2.45) is 7.05 Å². The van der Waals surface area contributed by atoms with Gasteiger partial charge in [0.1, 0.15) is 15.0 Å². The molecule has 0 aliphatic carbocycles. The largest absolute Gasteiger partial charge is 0.495 e. The third-order valence-electron chi connectivity index (χ3n) is 2.63. The molecule has 0 bridgehead atoms. The Labute approximate surface area is 118 Å². The monoisotopic (exact) mass is 360 g/mol. The van der Waals surface area contributed by atoms with Gasteiger partial charge in [0.2, 0.25) is 0 Å². The van der Waals surface area contributed by atoms with Gasteiger partial charge >= 0.3 is 5.97 Å². The van der Waals surface area contributed by atoms with Crippen molar-refractivity contribution in [1.29, 1.82) is 0 Å². The van der Waals surface area contributed by atoms with Gasteiger partial charge in [0.05, 0.1) is 24.6 Å². The number of carbonyl (C=O) groups excluding carboxylic acids is 1. The molecule has 2 aromatic rings. The SMILES string of the molecule is CCOC(=O)c1ccc2c(c(I)nn2C)c1OC. The van der Waals surface area contributed by atoms with Gasteiger partial charge in [0.15, 0.2) is 0 Å². The number of methoxy groups -OCH3 is 1. The number of benzene rings is 1. The van der Waals surface area contributed by atoms with Crippen LogP contribution in [0.5, 0.6) is 5.75 Å². The van der Waals surface area contributed by atoms with Crippen molar-refractivity contribution >= 4 is 39.5 Å². The lowest BCUT2D eigenvalue weighted by molar-refractivity contribution is 0.0523. The molecule has 5 nitrogen and oxygen atoms in total. The van der Waals surface area contributed by atoms with Gasteiger partial charge in [0, 0.05) is 7.05 Å². The van der Waals surface area contributed by atoms with E-state index in [0.29, 0.717) is 17.9 Å². The molecular weight excluding hydrogens is 347 g/mol. The molecule has 0 N–H and O–H groups in total. The highest BCUT2D eigenvalue weighted by Crippen LogP contribution is 2.33. The van der Waals surface area contributed by atoms with Crippen molar-refractivity contribution in [3.05, 3.63) is 21.4 Å². The smallest absolute Gasteiger partial charge is 0.341 e. The third kappa shape index (κ3) is 2.05. The summed E-state index contributed by atoms with van der Waals surface area (Å²) in [4.78, 5) is 11.9. The predicted octanol–water partition coefficient (Wildman–Crippen LogP) is 2.36. The zero-order valence-corrected chi connectivity index (χ0v) is 12.5. The molecule has 0 fully saturated rings. The van der Waals surface area contributed by atoms with Crippen molar-refractivity contribution in [2.45, 2.75) is 6.92 Å². The van der Waals surface area contributed by atoms with Crippen LogP contribution in [0.15, 0.2) is 12.1 Å². The number of ether oxygens (including phenoxy) is 2. The van der Waals surface area contributed by atoms with E-state index in [-0.39, 0.29) is 5.97 Å². The van der Waals surface area contributed by atoms with Gasteiger partial charge in [-0.25, -0.2) is 4.79 Å². The molecule has 6 heteroatoms. The summed E-state index contributed by atoms with van der Waals surface area (Å²) in [7, 11) is 3.40. The standard InChI is InChI=1S/C12H13IN2O3/c1-4-18-12(16)7-5-6-8-9(10(7)17-3)11(13)14-15(8)2/h5-6H,4H2,1-3H3. The van der Waals surface area contributed by atoms with Crippen molar-refractivity contribution in [3.63, 3.8) is 0 Å². The van der Waals surface area contributed by atoms with Crippen LogP contribution in [0.4, 0.5) is 0 Å². The molecule has 0 amide bonds. The van der Waals surface area contributed by atoms with Gasteiger partial charge in [0.25, 0.3) is 0 Å². The Morgan fingerprint density at radius 2 is 2.22 bits per heavy atom. The summed E-state index contributed by atoms with van der Waals surface area (Å²) in [6, 6.07) is 3.55. The van der Waals surface area contributed by atoms with E-state index in [2.05, 4.69) is 27.7 Å². The predicted molar refractivity (Wildman–Crippen MR) is 75.9 cm³/mol. The average Bonchev–Trinajstić information content (AvgIpc) is 2.64. The van der Waals surface area contributed by atoms with Crippen LogP contribution in [0.25, 0.3) is 10.9 Å². The number of halogens is 1. The van der Waals surface area contributed by atoms with Crippen molar-refractivity contribution < 1.29 is 14.3 Å². The third-order valence-corrected chi connectivity index (χ3v) is 3.38. The second-order valence-corrected chi connectivity index (χ2v) is 4.70.